The first-order valence-electron chi connectivity index (χ1n) is 13.0. The lowest BCUT2D eigenvalue weighted by atomic mass is 9.87. The number of aliphatic hydroxyl groups is 1. The summed E-state index contributed by atoms with van der Waals surface area (Å²) in [5, 5.41) is 14.3. The predicted octanol–water partition coefficient (Wildman–Crippen LogP) is 3.06. The number of pyridine rings is 1. The summed E-state index contributed by atoms with van der Waals surface area (Å²) in [5.41, 5.74) is 10.7. The van der Waals surface area contributed by atoms with E-state index in [2.05, 4.69) is 10.1 Å². The smallest absolute Gasteiger partial charge is 0.251 e. The topological polar surface area (TPSA) is 144 Å². The molecule has 1 amide bonds. The van der Waals surface area contributed by atoms with Crippen LogP contribution in [0.2, 0.25) is 0 Å². The Hall–Kier alpha value is -3.83. The van der Waals surface area contributed by atoms with E-state index in [0.717, 1.165) is 35.9 Å². The summed E-state index contributed by atoms with van der Waals surface area (Å²) in [6, 6.07) is 13.6. The van der Waals surface area contributed by atoms with Gasteiger partial charge >= 0.3 is 0 Å². The second-order valence-corrected chi connectivity index (χ2v) is 12.5. The minimum atomic E-state index is -3.74. The molecular weight excluding hydrogens is 516 g/mol. The van der Waals surface area contributed by atoms with Crippen molar-refractivity contribution < 1.29 is 18.3 Å². The molecule has 11 heteroatoms. The lowest BCUT2D eigenvalue weighted by Crippen LogP contribution is -2.49. The fraction of sp³-hybridized carbons (Fsp3) is 0.357. The fourth-order valence-electron chi connectivity index (χ4n) is 6.19. The number of piperidine rings is 1. The number of rotatable bonds is 5. The van der Waals surface area contributed by atoms with Gasteiger partial charge in [-0.2, -0.15) is 9.61 Å². The molecule has 2 fully saturated rings. The van der Waals surface area contributed by atoms with Gasteiger partial charge in [0.15, 0.2) is 15.5 Å². The van der Waals surface area contributed by atoms with Crippen LogP contribution in [-0.2, 0) is 14.6 Å². The molecular formula is C28H30N6O4S. The molecule has 2 aliphatic heterocycles. The molecule has 39 heavy (non-hydrogen) atoms. The lowest BCUT2D eigenvalue weighted by molar-refractivity contribution is -0.144. The van der Waals surface area contributed by atoms with E-state index in [-0.39, 0.29) is 34.6 Å². The highest BCUT2D eigenvalue weighted by molar-refractivity contribution is 7.91. The molecule has 10 nitrogen and oxygen atoms in total. The Morgan fingerprint density at radius 1 is 1.05 bits per heavy atom. The molecule has 2 bridgehead atoms. The number of sulfone groups is 1. The van der Waals surface area contributed by atoms with Crippen molar-refractivity contribution in [3.05, 3.63) is 60.6 Å². The van der Waals surface area contributed by atoms with Crippen LogP contribution in [0.5, 0.6) is 0 Å². The van der Waals surface area contributed by atoms with Gasteiger partial charge in [0.05, 0.1) is 17.6 Å². The Morgan fingerprint density at radius 3 is 2.33 bits per heavy atom. The van der Waals surface area contributed by atoms with E-state index in [1.165, 1.54) is 11.4 Å². The minimum Gasteiger partial charge on any atom is -0.384 e. The highest BCUT2D eigenvalue weighted by Gasteiger charge is 2.46. The average Bonchev–Trinajstić information content (AvgIpc) is 3.46. The third-order valence-electron chi connectivity index (χ3n) is 7.91. The van der Waals surface area contributed by atoms with Crippen molar-refractivity contribution in [3.8, 4) is 22.4 Å². The number of hydrogen-bond donors (Lipinski definition) is 2. The molecule has 0 spiro atoms. The number of benzene rings is 1. The van der Waals surface area contributed by atoms with Crippen molar-refractivity contribution >= 4 is 27.2 Å². The van der Waals surface area contributed by atoms with Crippen LogP contribution < -0.4 is 5.73 Å². The van der Waals surface area contributed by atoms with Crippen molar-refractivity contribution in [1.29, 1.82) is 0 Å². The van der Waals surface area contributed by atoms with Crippen molar-refractivity contribution in [2.75, 3.05) is 12.0 Å². The summed E-state index contributed by atoms with van der Waals surface area (Å²) >= 11 is 0. The summed E-state index contributed by atoms with van der Waals surface area (Å²) < 4.78 is 27.3. The van der Waals surface area contributed by atoms with Gasteiger partial charge in [-0.1, -0.05) is 36.4 Å². The standard InChI is InChI=1S/C28H30N6O4S/c1-16(35)28(36)33-20-9-10-21(33)13-19(12-20)24-25(39(2,37)38)26(29)34-27(32-24)22(15-31-34)18-8-11-23(30-14-18)17-6-4-3-5-7-17/h3-8,11,14-16,19-21,35H,9-10,12-13,29H2,1-2H3/t16?,19?,20-,21+. The van der Waals surface area contributed by atoms with Gasteiger partial charge < -0.3 is 15.7 Å². The van der Waals surface area contributed by atoms with Crippen molar-refractivity contribution in [2.45, 2.75) is 61.6 Å². The molecule has 0 aliphatic carbocycles. The summed E-state index contributed by atoms with van der Waals surface area (Å²) in [7, 11) is -3.74. The molecule has 3 N–H and O–H groups in total. The van der Waals surface area contributed by atoms with Crippen LogP contribution in [0, 0.1) is 0 Å². The number of carbonyl (C=O) groups is 1. The second-order valence-electron chi connectivity index (χ2n) is 10.6. The van der Waals surface area contributed by atoms with Crippen molar-refractivity contribution in [2.24, 2.45) is 0 Å². The average molecular weight is 547 g/mol. The molecule has 0 saturated carbocycles. The maximum absolute atomic E-state index is 13.0. The molecule has 5 heterocycles. The SMILES string of the molecule is CC(O)C(=O)N1[C@@H]2CC[C@H]1CC(c1nc3c(-c4ccc(-c5ccccc5)nc4)cnn3c(N)c1S(C)(=O)=O)C2. The predicted molar refractivity (Wildman–Crippen MR) is 146 cm³/mol. The minimum absolute atomic E-state index is 0.0121. The number of anilines is 1. The monoisotopic (exact) mass is 546 g/mol. The summed E-state index contributed by atoms with van der Waals surface area (Å²) in [5.74, 6) is -0.469. The number of nitrogen functional groups attached to an aromatic ring is 1. The van der Waals surface area contributed by atoms with Crippen molar-refractivity contribution in [1.82, 2.24) is 24.5 Å². The number of carbonyl (C=O) groups excluding carboxylic acids is 1. The lowest BCUT2D eigenvalue weighted by Gasteiger charge is -2.39. The van der Waals surface area contributed by atoms with Crippen molar-refractivity contribution in [3.63, 3.8) is 0 Å². The molecule has 3 aromatic heterocycles. The first kappa shape index (κ1) is 25.4. The Labute approximate surface area is 226 Å². The highest BCUT2D eigenvalue weighted by Crippen LogP contribution is 2.45. The Bertz CT molecular complexity index is 1650. The normalized spacial score (nSPS) is 21.8. The molecule has 2 aliphatic rings. The highest BCUT2D eigenvalue weighted by atomic mass is 32.2. The van der Waals surface area contributed by atoms with E-state index < -0.39 is 15.9 Å². The molecule has 0 radical (unpaired) electrons. The van der Waals surface area contributed by atoms with E-state index in [9.17, 15) is 18.3 Å². The second kappa shape index (κ2) is 9.42. The third kappa shape index (κ3) is 4.35. The Balaban J connectivity index is 1.43. The van der Waals surface area contributed by atoms with Gasteiger partial charge in [-0.05, 0) is 38.7 Å². The van der Waals surface area contributed by atoms with Crippen LogP contribution in [-0.4, -0.2) is 68.4 Å². The number of hydrogen-bond acceptors (Lipinski definition) is 8. The number of nitrogens with zero attached hydrogens (tertiary/aromatic N) is 5. The Morgan fingerprint density at radius 2 is 1.74 bits per heavy atom. The zero-order valence-corrected chi connectivity index (χ0v) is 22.5. The van der Waals surface area contributed by atoms with Gasteiger partial charge in [0.1, 0.15) is 16.8 Å². The summed E-state index contributed by atoms with van der Waals surface area (Å²) in [4.78, 5) is 24.0. The molecule has 6 rings (SSSR count). The zero-order valence-electron chi connectivity index (χ0n) is 21.7. The van der Waals surface area contributed by atoms with Crippen LogP contribution in [0.3, 0.4) is 0 Å². The molecule has 2 saturated heterocycles. The zero-order chi connectivity index (χ0) is 27.5. The van der Waals surface area contributed by atoms with E-state index in [1.807, 2.05) is 42.5 Å². The van der Waals surface area contributed by atoms with Gasteiger partial charge in [-0.15, -0.1) is 0 Å². The quantitative estimate of drug-likeness (QED) is 0.389. The molecule has 2 unspecified atom stereocenters. The van der Waals surface area contributed by atoms with Gasteiger partial charge in [0, 0.05) is 47.1 Å². The van der Waals surface area contributed by atoms with Gasteiger partial charge in [-0.3, -0.25) is 9.78 Å². The maximum Gasteiger partial charge on any atom is 0.251 e. The van der Waals surface area contributed by atoms with E-state index >= 15 is 0 Å². The number of aromatic nitrogens is 4. The van der Waals surface area contributed by atoms with Crippen LogP contribution in [0.4, 0.5) is 5.82 Å². The third-order valence-corrected chi connectivity index (χ3v) is 9.07. The number of fused-ring (bicyclic) bond motifs is 3. The molecule has 1 aromatic carbocycles. The maximum atomic E-state index is 13.0. The van der Waals surface area contributed by atoms with E-state index in [1.54, 1.807) is 17.3 Å². The van der Waals surface area contributed by atoms with Crippen LogP contribution >= 0.6 is 0 Å². The van der Waals surface area contributed by atoms with Gasteiger partial charge in [-0.25, -0.2) is 13.4 Å². The number of amides is 1. The van der Waals surface area contributed by atoms with Gasteiger partial charge in [0.25, 0.3) is 5.91 Å². The molecule has 4 atom stereocenters. The molecule has 4 aromatic rings. The van der Waals surface area contributed by atoms with E-state index in [4.69, 9.17) is 10.7 Å². The van der Waals surface area contributed by atoms with Crippen LogP contribution in [0.1, 0.15) is 44.2 Å². The van der Waals surface area contributed by atoms with Crippen LogP contribution in [0.15, 0.2) is 59.8 Å². The summed E-state index contributed by atoms with van der Waals surface area (Å²) in [6.07, 6.45) is 6.16. The molecule has 202 valence electrons. The largest absolute Gasteiger partial charge is 0.384 e. The number of nitrogens with two attached hydrogens (primary N) is 1. The van der Waals surface area contributed by atoms with Crippen LogP contribution in [0.25, 0.3) is 28.0 Å². The first-order chi connectivity index (χ1) is 18.6. The summed E-state index contributed by atoms with van der Waals surface area (Å²) in [6.45, 7) is 1.48. The fourth-order valence-corrected chi connectivity index (χ4v) is 7.25. The number of aliphatic hydroxyl groups excluding tert-OH is 1. The first-order valence-corrected chi connectivity index (χ1v) is 14.9. The van der Waals surface area contributed by atoms with E-state index in [0.29, 0.717) is 29.7 Å². The Kier molecular flexibility index (Phi) is 6.15. The van der Waals surface area contributed by atoms with Gasteiger partial charge in [0.2, 0.25) is 0 Å².